The molecule has 0 amide bonds. The van der Waals surface area contributed by atoms with Crippen molar-refractivity contribution in [3.05, 3.63) is 0 Å². The van der Waals surface area contributed by atoms with Crippen molar-refractivity contribution in [2.75, 3.05) is 13.6 Å². The maximum absolute atomic E-state index is 6.66. The second-order valence-electron chi connectivity index (χ2n) is 1.52. The van der Waals surface area contributed by atoms with Gasteiger partial charge in [-0.1, -0.05) is 0 Å². The molecular weight excluding hydrogens is 102 g/mol. The van der Waals surface area contributed by atoms with Gasteiger partial charge >= 0.3 is 0 Å². The normalized spacial score (nSPS) is 8.12. The average molecular weight is 113 g/mol. The lowest BCUT2D eigenvalue weighted by Gasteiger charge is -2.07. The van der Waals surface area contributed by atoms with Crippen LogP contribution in [-0.2, 0) is 0 Å². The van der Waals surface area contributed by atoms with Crippen LogP contribution in [0.1, 0.15) is 6.42 Å². The Kier molecular flexibility index (Phi) is 3.84. The van der Waals surface area contributed by atoms with E-state index in [0.29, 0.717) is 0 Å². The Bertz CT molecular complexity index is 79.7. The van der Waals surface area contributed by atoms with Gasteiger partial charge in [-0.05, 0) is 6.21 Å². The number of nitrogens with zero attached hydrogens (tertiary/aromatic N) is 2. The molecule has 8 heavy (non-hydrogen) atoms. The monoisotopic (exact) mass is 113 g/mol. The number of hydrogen-bond acceptors (Lipinski definition) is 3. The standard InChI is InChI=1S/C5H11N3/c1-7-8(2)5-3-4-6/h4,6H,1,3,5H2,2H3. The van der Waals surface area contributed by atoms with Gasteiger partial charge in [0.2, 0.25) is 0 Å². The zero-order chi connectivity index (χ0) is 6.41. The Morgan fingerprint density at radius 1 is 1.88 bits per heavy atom. The first-order chi connectivity index (χ1) is 3.81. The van der Waals surface area contributed by atoms with Gasteiger partial charge < -0.3 is 10.4 Å². The summed E-state index contributed by atoms with van der Waals surface area (Å²) in [7, 11) is 1.83. The Labute approximate surface area is 49.5 Å². The summed E-state index contributed by atoms with van der Waals surface area (Å²) in [6, 6.07) is 0. The van der Waals surface area contributed by atoms with E-state index >= 15 is 0 Å². The van der Waals surface area contributed by atoms with Crippen molar-refractivity contribution in [1.82, 2.24) is 5.01 Å². The van der Waals surface area contributed by atoms with E-state index in [9.17, 15) is 0 Å². The van der Waals surface area contributed by atoms with E-state index in [0.717, 1.165) is 13.0 Å². The van der Waals surface area contributed by atoms with Gasteiger partial charge in [0.25, 0.3) is 0 Å². The largest absolute Gasteiger partial charge is 0.313 e. The highest BCUT2D eigenvalue weighted by molar-refractivity contribution is 5.52. The fourth-order valence-electron chi connectivity index (χ4n) is 0.322. The van der Waals surface area contributed by atoms with Gasteiger partial charge in [-0.25, -0.2) is 0 Å². The predicted molar refractivity (Wildman–Crippen MR) is 35.6 cm³/mol. The second kappa shape index (κ2) is 4.30. The second-order valence-corrected chi connectivity index (χ2v) is 1.52. The summed E-state index contributed by atoms with van der Waals surface area (Å²) in [6.07, 6.45) is 2.11. The van der Waals surface area contributed by atoms with Crippen molar-refractivity contribution in [3.8, 4) is 0 Å². The van der Waals surface area contributed by atoms with Crippen LogP contribution >= 0.6 is 0 Å². The van der Waals surface area contributed by atoms with Crippen molar-refractivity contribution >= 4 is 12.9 Å². The summed E-state index contributed by atoms with van der Waals surface area (Å²) < 4.78 is 0. The van der Waals surface area contributed by atoms with Crippen LogP contribution in [0.15, 0.2) is 5.10 Å². The van der Waals surface area contributed by atoms with Gasteiger partial charge in [0.05, 0.1) is 0 Å². The Morgan fingerprint density at radius 3 is 2.88 bits per heavy atom. The lowest BCUT2D eigenvalue weighted by molar-refractivity contribution is 0.370. The molecule has 0 aromatic heterocycles. The first-order valence-corrected chi connectivity index (χ1v) is 2.48. The molecule has 3 heteroatoms. The number of rotatable bonds is 4. The lowest BCUT2D eigenvalue weighted by Crippen LogP contribution is -2.11. The van der Waals surface area contributed by atoms with Gasteiger partial charge in [-0.2, -0.15) is 5.10 Å². The summed E-state index contributed by atoms with van der Waals surface area (Å²) in [4.78, 5) is 0. The van der Waals surface area contributed by atoms with Crippen LogP contribution in [0, 0.1) is 5.41 Å². The number of hydrazone groups is 1. The molecule has 0 aliphatic heterocycles. The van der Waals surface area contributed by atoms with Crippen molar-refractivity contribution < 1.29 is 0 Å². The molecule has 0 aromatic carbocycles. The molecule has 0 heterocycles. The summed E-state index contributed by atoms with van der Waals surface area (Å²) in [6.45, 7) is 4.10. The molecule has 1 N–H and O–H groups in total. The van der Waals surface area contributed by atoms with Crippen LogP contribution in [0.4, 0.5) is 0 Å². The van der Waals surface area contributed by atoms with E-state index in [1.807, 2.05) is 7.05 Å². The van der Waals surface area contributed by atoms with Crippen LogP contribution in [0.3, 0.4) is 0 Å². The minimum Gasteiger partial charge on any atom is -0.313 e. The molecule has 46 valence electrons. The average Bonchev–Trinajstić information content (AvgIpc) is 1.83. The van der Waals surface area contributed by atoms with Gasteiger partial charge in [-0.15, -0.1) is 0 Å². The van der Waals surface area contributed by atoms with Gasteiger partial charge in [0, 0.05) is 26.7 Å². The summed E-state index contributed by atoms with van der Waals surface area (Å²) in [5, 5.41) is 12.0. The number of nitrogens with one attached hydrogen (secondary N) is 1. The van der Waals surface area contributed by atoms with Crippen LogP contribution in [0.2, 0.25) is 0 Å². The van der Waals surface area contributed by atoms with Crippen LogP contribution in [0.5, 0.6) is 0 Å². The molecule has 0 atom stereocenters. The Hall–Kier alpha value is -0.860. The molecule has 0 unspecified atom stereocenters. The first kappa shape index (κ1) is 7.14. The summed E-state index contributed by atoms with van der Waals surface area (Å²) in [5.74, 6) is 0. The van der Waals surface area contributed by atoms with Crippen LogP contribution in [0.25, 0.3) is 0 Å². The molecule has 0 radical (unpaired) electrons. The Morgan fingerprint density at radius 2 is 2.50 bits per heavy atom. The third kappa shape index (κ3) is 3.33. The molecule has 0 saturated carbocycles. The molecule has 0 spiro atoms. The topological polar surface area (TPSA) is 39.5 Å². The van der Waals surface area contributed by atoms with Gasteiger partial charge in [-0.3, -0.25) is 0 Å². The van der Waals surface area contributed by atoms with Crippen molar-refractivity contribution in [1.29, 1.82) is 5.41 Å². The fraction of sp³-hybridized carbons (Fsp3) is 0.600. The SMILES string of the molecule is C=NN(C)CCC=N. The summed E-state index contributed by atoms with van der Waals surface area (Å²) in [5.41, 5.74) is 0. The highest BCUT2D eigenvalue weighted by Crippen LogP contribution is 1.81. The molecule has 0 fully saturated rings. The van der Waals surface area contributed by atoms with E-state index in [1.165, 1.54) is 6.21 Å². The first-order valence-electron chi connectivity index (χ1n) is 2.48. The van der Waals surface area contributed by atoms with E-state index in [1.54, 1.807) is 5.01 Å². The van der Waals surface area contributed by atoms with E-state index in [2.05, 4.69) is 11.8 Å². The van der Waals surface area contributed by atoms with Gasteiger partial charge in [0.1, 0.15) is 0 Å². The zero-order valence-electron chi connectivity index (χ0n) is 5.09. The van der Waals surface area contributed by atoms with E-state index < -0.39 is 0 Å². The molecular formula is C5H11N3. The lowest BCUT2D eigenvalue weighted by atomic mass is 10.5. The predicted octanol–water partition coefficient (Wildman–Crippen LogP) is 0.573. The molecule has 0 aromatic rings. The summed E-state index contributed by atoms with van der Waals surface area (Å²) >= 11 is 0. The van der Waals surface area contributed by atoms with Crippen molar-refractivity contribution in [2.24, 2.45) is 5.10 Å². The quantitative estimate of drug-likeness (QED) is 0.420. The van der Waals surface area contributed by atoms with Gasteiger partial charge in [0.15, 0.2) is 0 Å². The van der Waals surface area contributed by atoms with Crippen molar-refractivity contribution in [3.63, 3.8) is 0 Å². The third-order valence-corrected chi connectivity index (χ3v) is 0.838. The zero-order valence-corrected chi connectivity index (χ0v) is 5.09. The molecule has 0 aliphatic carbocycles. The maximum Gasteiger partial charge on any atom is 0.0406 e. The molecule has 3 nitrogen and oxygen atoms in total. The molecule has 0 bridgehead atoms. The third-order valence-electron chi connectivity index (χ3n) is 0.838. The molecule has 0 rings (SSSR count). The van der Waals surface area contributed by atoms with E-state index in [-0.39, 0.29) is 0 Å². The fourth-order valence-corrected chi connectivity index (χ4v) is 0.322. The molecule has 0 aliphatic rings. The highest BCUT2D eigenvalue weighted by Gasteiger charge is 1.84. The van der Waals surface area contributed by atoms with Crippen LogP contribution < -0.4 is 0 Å². The minimum atomic E-state index is 0.746. The van der Waals surface area contributed by atoms with Crippen molar-refractivity contribution in [2.45, 2.75) is 6.42 Å². The maximum atomic E-state index is 6.66. The molecule has 0 saturated heterocycles. The Balaban J connectivity index is 3.09. The highest BCUT2D eigenvalue weighted by atomic mass is 15.4. The van der Waals surface area contributed by atoms with Crippen LogP contribution in [-0.4, -0.2) is 31.5 Å². The van der Waals surface area contributed by atoms with E-state index in [4.69, 9.17) is 5.41 Å². The number of hydrogen-bond donors (Lipinski definition) is 1. The smallest absolute Gasteiger partial charge is 0.0406 e. The minimum absolute atomic E-state index is 0.746.